The van der Waals surface area contributed by atoms with Crippen molar-refractivity contribution < 1.29 is 19.4 Å². The van der Waals surface area contributed by atoms with Crippen LogP contribution < -0.4 is 4.74 Å². The number of pyridine rings is 1. The highest BCUT2D eigenvalue weighted by Gasteiger charge is 2.44. The van der Waals surface area contributed by atoms with E-state index in [0.717, 1.165) is 74.5 Å². The lowest BCUT2D eigenvalue weighted by Gasteiger charge is -2.50. The van der Waals surface area contributed by atoms with E-state index < -0.39 is 6.10 Å². The van der Waals surface area contributed by atoms with Crippen molar-refractivity contribution in [3.8, 4) is 5.75 Å². The van der Waals surface area contributed by atoms with Gasteiger partial charge in [0.15, 0.2) is 0 Å². The number of esters is 1. The molecule has 8 nitrogen and oxygen atoms in total. The van der Waals surface area contributed by atoms with Crippen molar-refractivity contribution >= 4 is 40.9 Å². The number of methoxy groups -OCH3 is 1. The van der Waals surface area contributed by atoms with Crippen LogP contribution in [0.25, 0.3) is 10.9 Å². The smallest absolute Gasteiger partial charge is 0.338 e. The Kier molecular flexibility index (Phi) is 11.9. The second-order valence-electron chi connectivity index (χ2n) is 13.4. The number of fused-ring (bicyclic) bond motifs is 6. The van der Waals surface area contributed by atoms with E-state index in [4.69, 9.17) is 21.1 Å². The number of carbonyl (C=O) groups is 1. The van der Waals surface area contributed by atoms with E-state index in [2.05, 4.69) is 46.3 Å². The summed E-state index contributed by atoms with van der Waals surface area (Å²) in [6.07, 6.45) is 5.65. The average molecular weight is 684 g/mol. The second-order valence-corrected chi connectivity index (χ2v) is 13.9. The number of aliphatic hydroxyl groups is 1. The van der Waals surface area contributed by atoms with Gasteiger partial charge in [-0.15, -0.1) is 19.0 Å². The summed E-state index contributed by atoms with van der Waals surface area (Å²) in [6.45, 7) is 13.3. The zero-order valence-electron chi connectivity index (χ0n) is 27.6. The Morgan fingerprint density at radius 2 is 1.81 bits per heavy atom. The first-order valence-electron chi connectivity index (χ1n) is 16.6. The summed E-state index contributed by atoms with van der Waals surface area (Å²) in [7, 11) is 3.81. The van der Waals surface area contributed by atoms with Crippen molar-refractivity contribution in [1.82, 2.24) is 19.7 Å². The Labute approximate surface area is 290 Å². The Balaban J connectivity index is 0.000000181. The van der Waals surface area contributed by atoms with Crippen molar-refractivity contribution in [3.05, 3.63) is 83.5 Å². The summed E-state index contributed by atoms with van der Waals surface area (Å²) in [5, 5.41) is 12.8. The molecule has 0 amide bonds. The van der Waals surface area contributed by atoms with E-state index in [9.17, 15) is 9.90 Å². The minimum atomic E-state index is -0.504. The summed E-state index contributed by atoms with van der Waals surface area (Å²) < 4.78 is 11.2. The highest BCUT2D eigenvalue weighted by Crippen LogP contribution is 2.42. The zero-order chi connectivity index (χ0) is 32.4. The maximum absolute atomic E-state index is 12.4. The molecule has 0 aliphatic carbocycles. The number of rotatable bonds is 7. The number of carbonyl (C=O) groups excluding carboxylic acids is 1. The summed E-state index contributed by atoms with van der Waals surface area (Å²) in [6, 6.07) is 14.9. The van der Waals surface area contributed by atoms with E-state index in [1.807, 2.05) is 24.3 Å². The van der Waals surface area contributed by atoms with Crippen molar-refractivity contribution in [3.63, 3.8) is 0 Å². The van der Waals surface area contributed by atoms with Crippen LogP contribution in [-0.2, 0) is 4.74 Å². The third-order valence-electron chi connectivity index (χ3n) is 10.6. The number of hydrogen-bond donors (Lipinski definition) is 1. The van der Waals surface area contributed by atoms with Crippen LogP contribution in [0.2, 0.25) is 5.02 Å². The van der Waals surface area contributed by atoms with Crippen molar-refractivity contribution in [2.45, 2.75) is 38.0 Å². The molecule has 5 aliphatic rings. The van der Waals surface area contributed by atoms with Gasteiger partial charge in [-0.2, -0.15) is 0 Å². The molecule has 3 aromatic rings. The molecule has 1 aromatic heterocycles. The van der Waals surface area contributed by atoms with Crippen molar-refractivity contribution in [2.75, 3.05) is 60.0 Å². The lowest BCUT2D eigenvalue weighted by atomic mass is 9.73. The molecule has 5 saturated heterocycles. The summed E-state index contributed by atoms with van der Waals surface area (Å²) in [5.41, 5.74) is 2.42. The fourth-order valence-electron chi connectivity index (χ4n) is 8.20. The molecule has 6 heterocycles. The van der Waals surface area contributed by atoms with Crippen molar-refractivity contribution in [1.29, 1.82) is 0 Å². The van der Waals surface area contributed by atoms with E-state index in [1.54, 1.807) is 37.6 Å². The minimum Gasteiger partial charge on any atom is -0.497 e. The standard InChI is InChI=1S/C20H24N2O2.C17H23ClN2O2.ClH/c1-3-13-12-22-9-7-14(13)10-19(22)20(23)16-6-8-21-18-5-4-15(24-2)11-17(16)18;1-3-20-10-13-8-19(2)9-14(11-20)16(13)22-17(21)12-4-6-15(18)7-5-12;/h3-6,8,11,13-14,19-20,23H,1,7,9-10,12H2,2H3;4-7,13-14,16H,3,8-11H2,1-2H3;1H/t13-,14-,19+,20-;;/m0../s1. The summed E-state index contributed by atoms with van der Waals surface area (Å²) in [4.78, 5) is 24.1. The highest BCUT2D eigenvalue weighted by molar-refractivity contribution is 6.30. The minimum absolute atomic E-state index is 0. The van der Waals surface area contributed by atoms with Crippen LogP contribution in [0.1, 0.15) is 41.8 Å². The highest BCUT2D eigenvalue weighted by atomic mass is 35.5. The molecular formula is C37H48Cl2N4O4. The first kappa shape index (κ1) is 35.6. The first-order valence-corrected chi connectivity index (χ1v) is 17.0. The molecule has 0 radical (unpaired) electrons. The molecule has 5 fully saturated rings. The van der Waals surface area contributed by atoms with Gasteiger partial charge in [0.25, 0.3) is 0 Å². The average Bonchev–Trinajstić information content (AvgIpc) is 3.08. The van der Waals surface area contributed by atoms with Crippen LogP contribution in [0, 0.1) is 23.7 Å². The zero-order valence-corrected chi connectivity index (χ0v) is 29.2. The molecule has 2 aromatic carbocycles. The summed E-state index contributed by atoms with van der Waals surface area (Å²) in [5.74, 6) is 2.57. The maximum Gasteiger partial charge on any atom is 0.338 e. The molecule has 7 atom stereocenters. The molecule has 8 rings (SSSR count). The van der Waals surface area contributed by atoms with Gasteiger partial charge in [0.05, 0.1) is 24.3 Å². The predicted octanol–water partition coefficient (Wildman–Crippen LogP) is 5.97. The van der Waals surface area contributed by atoms with Gasteiger partial charge in [-0.25, -0.2) is 4.79 Å². The molecule has 0 spiro atoms. The number of likely N-dealkylation sites (tertiary alicyclic amines) is 2. The number of halogens is 2. The van der Waals surface area contributed by atoms with Gasteiger partial charge in [-0.1, -0.05) is 24.6 Å². The van der Waals surface area contributed by atoms with Gasteiger partial charge in [0.1, 0.15) is 11.9 Å². The molecule has 0 saturated carbocycles. The van der Waals surface area contributed by atoms with E-state index in [-0.39, 0.29) is 30.5 Å². The number of ether oxygens (including phenoxy) is 2. The third-order valence-corrected chi connectivity index (χ3v) is 10.8. The van der Waals surface area contributed by atoms with Gasteiger partial charge < -0.3 is 24.4 Å². The Hall–Kier alpha value is -2.72. The van der Waals surface area contributed by atoms with Crippen LogP contribution in [0.4, 0.5) is 0 Å². The molecule has 10 heteroatoms. The lowest BCUT2D eigenvalue weighted by molar-refractivity contribution is -0.0831. The van der Waals surface area contributed by atoms with Gasteiger partial charge in [-0.05, 0) is 98.9 Å². The van der Waals surface area contributed by atoms with E-state index in [0.29, 0.717) is 34.3 Å². The van der Waals surface area contributed by atoms with E-state index >= 15 is 0 Å². The normalized spacial score (nSPS) is 29.2. The molecule has 47 heavy (non-hydrogen) atoms. The molecular weight excluding hydrogens is 635 g/mol. The Morgan fingerprint density at radius 3 is 2.43 bits per heavy atom. The third kappa shape index (κ3) is 7.79. The number of aliphatic hydroxyl groups excluding tert-OH is 1. The first-order chi connectivity index (χ1) is 22.3. The van der Waals surface area contributed by atoms with Gasteiger partial charge in [0.2, 0.25) is 0 Å². The van der Waals surface area contributed by atoms with Crippen molar-refractivity contribution in [2.24, 2.45) is 23.7 Å². The number of nitrogens with zero attached hydrogens (tertiary/aromatic N) is 4. The van der Waals surface area contributed by atoms with Gasteiger partial charge in [-0.3, -0.25) is 9.88 Å². The Morgan fingerprint density at radius 1 is 1.09 bits per heavy atom. The second kappa shape index (κ2) is 15.7. The fourth-order valence-corrected chi connectivity index (χ4v) is 8.33. The van der Waals surface area contributed by atoms with Gasteiger partial charge >= 0.3 is 5.97 Å². The Bertz CT molecular complexity index is 1510. The fraction of sp³-hybridized carbons (Fsp3) is 0.514. The maximum atomic E-state index is 12.4. The monoisotopic (exact) mass is 682 g/mol. The topological polar surface area (TPSA) is 78.4 Å². The van der Waals surface area contributed by atoms with Crippen LogP contribution in [-0.4, -0.2) is 103 Å². The van der Waals surface area contributed by atoms with Crippen LogP contribution in [0.15, 0.2) is 67.4 Å². The van der Waals surface area contributed by atoms with Crippen LogP contribution >= 0.6 is 24.0 Å². The molecule has 1 N–H and O–H groups in total. The quantitative estimate of drug-likeness (QED) is 0.241. The van der Waals surface area contributed by atoms with Gasteiger partial charge in [0, 0.05) is 67.2 Å². The molecule has 4 bridgehead atoms. The lowest BCUT2D eigenvalue weighted by Crippen LogP contribution is -2.60. The molecule has 3 unspecified atom stereocenters. The number of aromatic nitrogens is 1. The number of piperidine rings is 5. The summed E-state index contributed by atoms with van der Waals surface area (Å²) >= 11 is 5.87. The number of hydrogen-bond acceptors (Lipinski definition) is 8. The van der Waals surface area contributed by atoms with Crippen LogP contribution in [0.5, 0.6) is 5.75 Å². The SMILES string of the molecule is C=C[C@H]1CN2CC[C@H]1C[C@@H]2[C@@H](O)c1ccnc2ccc(OC)cc12.CCN1CC2CN(C)CC(C1)C2OC(=O)c1ccc(Cl)cc1.Cl. The predicted molar refractivity (Wildman–Crippen MR) is 190 cm³/mol. The molecule has 5 aliphatic heterocycles. The largest absolute Gasteiger partial charge is 0.497 e. The van der Waals surface area contributed by atoms with E-state index in [1.165, 1.54) is 6.42 Å². The van der Waals surface area contributed by atoms with Crippen LogP contribution in [0.3, 0.4) is 0 Å². The molecule has 254 valence electrons. The number of benzene rings is 2.